The van der Waals surface area contributed by atoms with Crippen LogP contribution in [0, 0.1) is 13.8 Å². The third kappa shape index (κ3) is 6.00. The standard InChI is InChI=1S/C16H27N7S2/c1-12-20-21-15(23(12)4)9-18-16(17-7-6-8-24-5)22(3)10-14-11-25-13(2)19-14/h11H,6-10H2,1-5H3,(H,17,18). The van der Waals surface area contributed by atoms with Gasteiger partial charge in [-0.3, -0.25) is 0 Å². The van der Waals surface area contributed by atoms with E-state index < -0.39 is 0 Å². The van der Waals surface area contributed by atoms with Gasteiger partial charge in [0.15, 0.2) is 11.8 Å². The average Bonchev–Trinajstić information content (AvgIpc) is 3.13. The van der Waals surface area contributed by atoms with Crippen molar-refractivity contribution in [3.8, 4) is 0 Å². The van der Waals surface area contributed by atoms with Crippen LogP contribution in [-0.4, -0.2) is 56.2 Å². The van der Waals surface area contributed by atoms with E-state index in [0.717, 1.165) is 53.6 Å². The predicted molar refractivity (Wildman–Crippen MR) is 106 cm³/mol. The van der Waals surface area contributed by atoms with Gasteiger partial charge in [-0.05, 0) is 32.3 Å². The highest BCUT2D eigenvalue weighted by Crippen LogP contribution is 2.10. The van der Waals surface area contributed by atoms with E-state index in [-0.39, 0.29) is 0 Å². The van der Waals surface area contributed by atoms with E-state index in [1.165, 1.54) is 0 Å². The summed E-state index contributed by atoms with van der Waals surface area (Å²) in [7, 11) is 4.00. The molecule has 2 aromatic rings. The average molecular weight is 382 g/mol. The first-order chi connectivity index (χ1) is 12.0. The molecule has 0 amide bonds. The van der Waals surface area contributed by atoms with Crippen LogP contribution in [0.2, 0.25) is 0 Å². The van der Waals surface area contributed by atoms with Gasteiger partial charge in [0.2, 0.25) is 0 Å². The number of rotatable bonds is 8. The first-order valence-electron chi connectivity index (χ1n) is 8.25. The number of nitrogens with one attached hydrogen (secondary N) is 1. The monoisotopic (exact) mass is 381 g/mol. The number of thiazole rings is 1. The second kappa shape index (κ2) is 9.76. The minimum absolute atomic E-state index is 0.503. The Kier molecular flexibility index (Phi) is 7.70. The summed E-state index contributed by atoms with van der Waals surface area (Å²) in [5.74, 6) is 3.76. The number of thioether (sulfide) groups is 1. The normalized spacial score (nSPS) is 11.8. The van der Waals surface area contributed by atoms with Crippen molar-refractivity contribution in [1.82, 2.24) is 30.0 Å². The molecule has 0 radical (unpaired) electrons. The maximum Gasteiger partial charge on any atom is 0.194 e. The number of hydrogen-bond acceptors (Lipinski definition) is 6. The molecule has 0 aliphatic rings. The molecular formula is C16H27N7S2. The molecule has 2 aromatic heterocycles. The van der Waals surface area contributed by atoms with E-state index in [1.54, 1.807) is 11.3 Å². The third-order valence-corrected chi connectivity index (χ3v) is 5.31. The fraction of sp³-hybridized carbons (Fsp3) is 0.625. The van der Waals surface area contributed by atoms with Gasteiger partial charge < -0.3 is 14.8 Å². The third-order valence-electron chi connectivity index (χ3n) is 3.79. The molecule has 0 fully saturated rings. The molecule has 0 saturated heterocycles. The molecule has 2 heterocycles. The van der Waals surface area contributed by atoms with E-state index in [0.29, 0.717) is 6.54 Å². The minimum Gasteiger partial charge on any atom is -0.356 e. The molecule has 0 atom stereocenters. The Morgan fingerprint density at radius 1 is 1.40 bits per heavy atom. The molecule has 0 aliphatic heterocycles. The van der Waals surface area contributed by atoms with Gasteiger partial charge in [-0.15, -0.1) is 21.5 Å². The number of hydrogen-bond donors (Lipinski definition) is 1. The summed E-state index contributed by atoms with van der Waals surface area (Å²) in [6.07, 6.45) is 3.23. The first-order valence-corrected chi connectivity index (χ1v) is 10.5. The van der Waals surface area contributed by atoms with Crippen LogP contribution in [0.5, 0.6) is 0 Å². The lowest BCUT2D eigenvalue weighted by molar-refractivity contribution is 0.468. The van der Waals surface area contributed by atoms with Crippen molar-refractivity contribution in [2.24, 2.45) is 12.0 Å². The first kappa shape index (κ1) is 19.7. The summed E-state index contributed by atoms with van der Waals surface area (Å²) in [6.45, 7) is 6.11. The summed E-state index contributed by atoms with van der Waals surface area (Å²) < 4.78 is 1.97. The van der Waals surface area contributed by atoms with Crippen LogP contribution in [0.25, 0.3) is 0 Å². The van der Waals surface area contributed by atoms with Crippen LogP contribution >= 0.6 is 23.1 Å². The van der Waals surface area contributed by atoms with Gasteiger partial charge in [-0.1, -0.05) is 0 Å². The maximum absolute atomic E-state index is 4.75. The van der Waals surface area contributed by atoms with Crippen molar-refractivity contribution in [2.75, 3.05) is 25.6 Å². The molecule has 0 bridgehead atoms. The second-order valence-corrected chi connectivity index (χ2v) is 7.90. The van der Waals surface area contributed by atoms with Crippen molar-refractivity contribution in [3.05, 3.63) is 27.7 Å². The van der Waals surface area contributed by atoms with Crippen LogP contribution in [0.15, 0.2) is 10.4 Å². The van der Waals surface area contributed by atoms with Crippen LogP contribution in [-0.2, 0) is 20.1 Å². The van der Waals surface area contributed by atoms with Crippen LogP contribution in [0.4, 0.5) is 0 Å². The fourth-order valence-electron chi connectivity index (χ4n) is 2.26. The highest BCUT2D eigenvalue weighted by molar-refractivity contribution is 7.98. The Balaban J connectivity index is 2.04. The SMILES string of the molecule is CSCCCNC(=NCc1nnc(C)n1C)N(C)Cc1csc(C)n1. The highest BCUT2D eigenvalue weighted by Gasteiger charge is 2.10. The Labute approximate surface area is 158 Å². The van der Waals surface area contributed by atoms with Gasteiger partial charge >= 0.3 is 0 Å². The molecule has 2 rings (SSSR count). The molecule has 0 aromatic carbocycles. The van der Waals surface area contributed by atoms with Gasteiger partial charge in [0.05, 0.1) is 17.2 Å². The Morgan fingerprint density at radius 2 is 2.20 bits per heavy atom. The van der Waals surface area contributed by atoms with E-state index >= 15 is 0 Å². The lowest BCUT2D eigenvalue weighted by Gasteiger charge is -2.21. The van der Waals surface area contributed by atoms with E-state index in [9.17, 15) is 0 Å². The highest BCUT2D eigenvalue weighted by atomic mass is 32.2. The number of aliphatic imine (C=N–C) groups is 1. The lowest BCUT2D eigenvalue weighted by Crippen LogP contribution is -2.39. The Hall–Kier alpha value is -1.61. The van der Waals surface area contributed by atoms with Crippen molar-refractivity contribution >= 4 is 29.1 Å². The summed E-state index contributed by atoms with van der Waals surface area (Å²) in [4.78, 5) is 11.4. The minimum atomic E-state index is 0.503. The van der Waals surface area contributed by atoms with Gasteiger partial charge in [0.1, 0.15) is 12.4 Å². The summed E-state index contributed by atoms with van der Waals surface area (Å²) in [5.41, 5.74) is 1.07. The largest absolute Gasteiger partial charge is 0.356 e. The van der Waals surface area contributed by atoms with Gasteiger partial charge in [0.25, 0.3) is 0 Å². The van der Waals surface area contributed by atoms with Gasteiger partial charge in [-0.25, -0.2) is 9.98 Å². The van der Waals surface area contributed by atoms with Crippen LogP contribution in [0.3, 0.4) is 0 Å². The fourth-order valence-corrected chi connectivity index (χ4v) is 3.30. The Bertz CT molecular complexity index is 692. The predicted octanol–water partition coefficient (Wildman–Crippen LogP) is 2.22. The summed E-state index contributed by atoms with van der Waals surface area (Å²) in [5, 5.41) is 14.9. The molecule has 138 valence electrons. The lowest BCUT2D eigenvalue weighted by atomic mass is 10.4. The Morgan fingerprint density at radius 3 is 2.80 bits per heavy atom. The van der Waals surface area contributed by atoms with E-state index in [4.69, 9.17) is 4.99 Å². The molecule has 0 saturated carbocycles. The van der Waals surface area contributed by atoms with Gasteiger partial charge in [0, 0.05) is 26.0 Å². The summed E-state index contributed by atoms with van der Waals surface area (Å²) >= 11 is 3.53. The number of aryl methyl sites for hydroxylation is 2. The molecule has 25 heavy (non-hydrogen) atoms. The van der Waals surface area contributed by atoms with E-state index in [1.807, 2.05) is 44.3 Å². The molecule has 1 N–H and O–H groups in total. The molecule has 7 nitrogen and oxygen atoms in total. The smallest absolute Gasteiger partial charge is 0.194 e. The van der Waals surface area contributed by atoms with Crippen molar-refractivity contribution < 1.29 is 0 Å². The molecule has 9 heteroatoms. The van der Waals surface area contributed by atoms with Crippen LogP contribution in [0.1, 0.15) is 28.8 Å². The van der Waals surface area contributed by atoms with Crippen molar-refractivity contribution in [3.63, 3.8) is 0 Å². The molecule has 0 unspecified atom stereocenters. The maximum atomic E-state index is 4.75. The molecule has 0 spiro atoms. The zero-order valence-electron chi connectivity index (χ0n) is 15.6. The topological polar surface area (TPSA) is 71.2 Å². The summed E-state index contributed by atoms with van der Waals surface area (Å²) in [6, 6.07) is 0. The molecular weight excluding hydrogens is 354 g/mol. The van der Waals surface area contributed by atoms with Crippen molar-refractivity contribution in [2.45, 2.75) is 33.4 Å². The van der Waals surface area contributed by atoms with Gasteiger partial charge in [-0.2, -0.15) is 11.8 Å². The quantitative estimate of drug-likeness (QED) is 0.429. The number of guanidine groups is 1. The molecule has 0 aliphatic carbocycles. The zero-order chi connectivity index (χ0) is 18.2. The van der Waals surface area contributed by atoms with E-state index in [2.05, 4.69) is 37.0 Å². The van der Waals surface area contributed by atoms with Crippen LogP contribution < -0.4 is 5.32 Å². The second-order valence-electron chi connectivity index (χ2n) is 5.85. The zero-order valence-corrected chi connectivity index (χ0v) is 17.2. The number of aromatic nitrogens is 4. The van der Waals surface area contributed by atoms with Crippen molar-refractivity contribution in [1.29, 1.82) is 0 Å². The number of nitrogens with zero attached hydrogens (tertiary/aromatic N) is 6.